The molecule has 3 heteroatoms. The predicted octanol–water partition coefficient (Wildman–Crippen LogP) is -0.0152. The summed E-state index contributed by atoms with van der Waals surface area (Å²) in [6.45, 7) is 5.72. The molecule has 0 amide bonds. The summed E-state index contributed by atoms with van der Waals surface area (Å²) in [6, 6.07) is 0. The Kier molecular flexibility index (Phi) is 4.79. The first-order valence-electron chi connectivity index (χ1n) is 3.03. The Labute approximate surface area is 64.1 Å². The maximum atomic E-state index is 10.8. The molecule has 0 spiro atoms. The van der Waals surface area contributed by atoms with Gasteiger partial charge in [0.25, 0.3) is 0 Å². The van der Waals surface area contributed by atoms with Gasteiger partial charge in [0.2, 0.25) is 0 Å². The van der Waals surface area contributed by atoms with E-state index in [0.29, 0.717) is 22.7 Å². The van der Waals surface area contributed by atoms with Crippen LogP contribution in [-0.2, 0) is 9.22 Å². The van der Waals surface area contributed by atoms with Gasteiger partial charge in [0.15, 0.2) is 5.78 Å². The fourth-order valence-electron chi connectivity index (χ4n) is 0.394. The summed E-state index contributed by atoms with van der Waals surface area (Å²) in [7, 11) is 0.710. The minimum Gasteiger partial charge on any atom is -0.424 e. The van der Waals surface area contributed by atoms with Gasteiger partial charge in [0, 0.05) is 0 Å². The van der Waals surface area contributed by atoms with Gasteiger partial charge in [-0.25, -0.2) is 0 Å². The molecule has 0 radical (unpaired) electrons. The number of carbonyl (C=O) groups excluding carboxylic acids is 1. The second kappa shape index (κ2) is 5.14. The van der Waals surface area contributed by atoms with Crippen molar-refractivity contribution in [1.82, 2.24) is 0 Å². The first-order valence-corrected chi connectivity index (χ1v) is 3.85. The quantitative estimate of drug-likeness (QED) is 0.422. The zero-order valence-electron chi connectivity index (χ0n) is 6.39. The lowest BCUT2D eigenvalue weighted by Gasteiger charge is -1.89. The molecule has 0 aromatic rings. The Bertz CT molecular complexity index is 161. The molecule has 0 fully saturated rings. The van der Waals surface area contributed by atoms with E-state index in [9.17, 15) is 4.79 Å². The highest BCUT2D eigenvalue weighted by Crippen LogP contribution is 1.90. The topological polar surface area (TPSA) is 26.3 Å². The Balaban J connectivity index is 3.67. The highest BCUT2D eigenvalue weighted by molar-refractivity contribution is 6.03. The molecule has 0 saturated heterocycles. The van der Waals surface area contributed by atoms with Gasteiger partial charge in [-0.1, -0.05) is 12.7 Å². The van der Waals surface area contributed by atoms with Gasteiger partial charge in [-0.3, -0.25) is 4.79 Å². The van der Waals surface area contributed by atoms with Crippen LogP contribution in [0.2, 0.25) is 0 Å². The van der Waals surface area contributed by atoms with Crippen molar-refractivity contribution in [2.24, 2.45) is 0 Å². The Morgan fingerprint density at radius 2 is 2.40 bits per heavy atom. The summed E-state index contributed by atoms with van der Waals surface area (Å²) in [6.07, 6.45) is 3.18. The van der Waals surface area contributed by atoms with Crippen molar-refractivity contribution in [3.63, 3.8) is 0 Å². The molecule has 0 N–H and O–H groups in total. The molecule has 10 heavy (non-hydrogen) atoms. The van der Waals surface area contributed by atoms with Crippen LogP contribution < -0.4 is 0 Å². The van der Waals surface area contributed by atoms with Crippen LogP contribution in [0.5, 0.6) is 0 Å². The van der Waals surface area contributed by atoms with Crippen LogP contribution in [0.3, 0.4) is 0 Å². The molecule has 0 rings (SSSR count). The smallest absolute Gasteiger partial charge is 0.180 e. The second-order valence-corrected chi connectivity index (χ2v) is 2.58. The molecule has 0 saturated carbocycles. The highest BCUT2D eigenvalue weighted by Gasteiger charge is 1.92. The Morgan fingerprint density at radius 1 is 1.80 bits per heavy atom. The predicted molar refractivity (Wildman–Crippen MR) is 44.9 cm³/mol. The monoisotopic (exact) mass is 156 g/mol. The molecular weight excluding hydrogens is 144 g/mol. The van der Waals surface area contributed by atoms with Crippen molar-refractivity contribution in [2.45, 2.75) is 6.92 Å². The summed E-state index contributed by atoms with van der Waals surface area (Å²) in [5, 5.41) is 0. The lowest BCUT2D eigenvalue weighted by molar-refractivity contribution is -0.111. The minimum atomic E-state index is -0.0290. The van der Waals surface area contributed by atoms with Crippen molar-refractivity contribution >= 4 is 16.3 Å². The minimum absolute atomic E-state index is 0.0290. The van der Waals surface area contributed by atoms with Gasteiger partial charge in [-0.05, 0) is 18.6 Å². The number of allylic oxidation sites excluding steroid dienone is 2. The summed E-state index contributed by atoms with van der Waals surface area (Å²) < 4.78 is 4.84. The van der Waals surface area contributed by atoms with E-state index in [1.165, 1.54) is 6.08 Å². The fraction of sp³-hybridized carbons (Fsp3) is 0.286. The van der Waals surface area contributed by atoms with Gasteiger partial charge in [0.05, 0.1) is 6.61 Å². The summed E-state index contributed by atoms with van der Waals surface area (Å²) in [5.74, 6) is -0.0290. The molecule has 0 bridgehead atoms. The number of rotatable bonds is 4. The number of carbonyl (C=O) groups is 1. The van der Waals surface area contributed by atoms with E-state index in [2.05, 4.69) is 6.58 Å². The van der Waals surface area contributed by atoms with Crippen LogP contribution in [-0.4, -0.2) is 22.9 Å². The highest BCUT2D eigenvalue weighted by atomic mass is 28.2. The van der Waals surface area contributed by atoms with E-state index in [1.807, 2.05) is 0 Å². The van der Waals surface area contributed by atoms with Crippen LogP contribution >= 0.6 is 0 Å². The average molecular weight is 156 g/mol. The molecular formula is C7H12O2Si. The zero-order valence-corrected chi connectivity index (χ0v) is 8.39. The maximum absolute atomic E-state index is 10.8. The Hall–Kier alpha value is -0.673. The maximum Gasteiger partial charge on any atom is 0.180 e. The molecule has 0 atom stereocenters. The normalized spacial score (nSPS) is 10.5. The van der Waals surface area contributed by atoms with Gasteiger partial charge in [-0.15, -0.1) is 0 Å². The van der Waals surface area contributed by atoms with E-state index in [0.717, 1.165) is 0 Å². The van der Waals surface area contributed by atoms with Crippen LogP contribution in [0.25, 0.3) is 0 Å². The van der Waals surface area contributed by atoms with Crippen molar-refractivity contribution in [1.29, 1.82) is 0 Å². The van der Waals surface area contributed by atoms with Crippen LogP contribution in [0.4, 0.5) is 0 Å². The van der Waals surface area contributed by atoms with E-state index in [1.54, 1.807) is 13.0 Å². The van der Waals surface area contributed by atoms with Gasteiger partial charge in [-0.2, -0.15) is 0 Å². The van der Waals surface area contributed by atoms with Gasteiger partial charge < -0.3 is 4.43 Å². The molecule has 0 aliphatic rings. The molecule has 0 aliphatic carbocycles. The lowest BCUT2D eigenvalue weighted by atomic mass is 10.2. The number of ketones is 1. The molecule has 0 unspecified atom stereocenters. The van der Waals surface area contributed by atoms with Crippen molar-refractivity contribution in [3.8, 4) is 0 Å². The first kappa shape index (κ1) is 9.33. The molecule has 0 aromatic heterocycles. The lowest BCUT2D eigenvalue weighted by Crippen LogP contribution is -1.93. The van der Waals surface area contributed by atoms with Gasteiger partial charge in [0.1, 0.15) is 10.5 Å². The SMILES string of the molecule is C=C(C)C(=O)C=CCO[SiH3]. The second-order valence-electron chi connectivity index (χ2n) is 2.00. The van der Waals surface area contributed by atoms with Crippen LogP contribution in [0.15, 0.2) is 24.3 Å². The molecule has 2 nitrogen and oxygen atoms in total. The van der Waals surface area contributed by atoms with Crippen LogP contribution in [0.1, 0.15) is 6.92 Å². The molecule has 56 valence electrons. The summed E-state index contributed by atoms with van der Waals surface area (Å²) in [5.41, 5.74) is 0.560. The summed E-state index contributed by atoms with van der Waals surface area (Å²) in [4.78, 5) is 10.8. The standard InChI is InChI=1S/C7H12O2Si/c1-6(2)7(8)4-3-5-9-10/h3-4H,1,5H2,2,10H3. The Morgan fingerprint density at radius 3 is 2.80 bits per heavy atom. The zero-order chi connectivity index (χ0) is 7.98. The van der Waals surface area contributed by atoms with Crippen molar-refractivity contribution < 1.29 is 9.22 Å². The fourth-order valence-corrected chi connectivity index (χ4v) is 0.586. The van der Waals surface area contributed by atoms with E-state index in [4.69, 9.17) is 4.43 Å². The molecule has 0 aromatic carbocycles. The molecule has 0 heterocycles. The number of hydrogen-bond acceptors (Lipinski definition) is 2. The van der Waals surface area contributed by atoms with Crippen molar-refractivity contribution in [2.75, 3.05) is 6.61 Å². The van der Waals surface area contributed by atoms with E-state index >= 15 is 0 Å². The van der Waals surface area contributed by atoms with Gasteiger partial charge >= 0.3 is 0 Å². The van der Waals surface area contributed by atoms with E-state index in [-0.39, 0.29) is 5.78 Å². The number of hydrogen-bond donors (Lipinski definition) is 0. The van der Waals surface area contributed by atoms with Crippen LogP contribution in [0, 0.1) is 0 Å². The average Bonchev–Trinajstić information content (AvgIpc) is 1.88. The van der Waals surface area contributed by atoms with E-state index < -0.39 is 0 Å². The molecule has 0 aliphatic heterocycles. The largest absolute Gasteiger partial charge is 0.424 e. The third-order valence-corrected chi connectivity index (χ3v) is 1.29. The third-order valence-electron chi connectivity index (χ3n) is 0.953. The van der Waals surface area contributed by atoms with Crippen molar-refractivity contribution in [3.05, 3.63) is 24.3 Å². The summed E-state index contributed by atoms with van der Waals surface area (Å²) >= 11 is 0. The first-order chi connectivity index (χ1) is 4.68. The third kappa shape index (κ3) is 4.23.